The van der Waals surface area contributed by atoms with Crippen LogP contribution < -0.4 is 10.6 Å². The number of aromatic nitrogens is 4. The Balaban J connectivity index is 1.64. The van der Waals surface area contributed by atoms with Crippen LogP contribution in [0.4, 0.5) is 5.69 Å². The number of hydrogen-bond acceptors (Lipinski definition) is 3. The number of benzene rings is 1. The van der Waals surface area contributed by atoms with Crippen molar-refractivity contribution in [3.05, 3.63) is 64.7 Å². The van der Waals surface area contributed by atoms with Gasteiger partial charge in [0.05, 0.1) is 29.8 Å². The van der Waals surface area contributed by atoms with Gasteiger partial charge in [-0.05, 0) is 45.5 Å². The van der Waals surface area contributed by atoms with Gasteiger partial charge in [0, 0.05) is 24.8 Å². The smallest absolute Gasteiger partial charge is 0.171 e. The summed E-state index contributed by atoms with van der Waals surface area (Å²) in [6.45, 7) is 10.5. The fourth-order valence-electron chi connectivity index (χ4n) is 3.03. The summed E-state index contributed by atoms with van der Waals surface area (Å²) in [6.07, 6.45) is 3.88. The van der Waals surface area contributed by atoms with Crippen LogP contribution in [0.5, 0.6) is 0 Å². The molecule has 0 saturated carbocycles. The summed E-state index contributed by atoms with van der Waals surface area (Å²) in [5.74, 6) is 0. The lowest BCUT2D eigenvalue weighted by molar-refractivity contribution is 0.659. The number of nitrogens with zero attached hydrogens (tertiary/aromatic N) is 4. The number of aryl methyl sites for hydroxylation is 3. The van der Waals surface area contributed by atoms with Gasteiger partial charge in [-0.2, -0.15) is 10.2 Å². The van der Waals surface area contributed by atoms with Crippen molar-refractivity contribution in [1.82, 2.24) is 24.9 Å². The Morgan fingerprint density at radius 3 is 2.70 bits per heavy atom. The monoisotopic (exact) mass is 382 g/mol. The first-order valence-electron chi connectivity index (χ1n) is 9.12. The molecule has 0 fully saturated rings. The minimum absolute atomic E-state index is 0.584. The highest BCUT2D eigenvalue weighted by Crippen LogP contribution is 2.20. The molecule has 3 aromatic rings. The largest absolute Gasteiger partial charge is 0.358 e. The predicted molar refractivity (Wildman–Crippen MR) is 113 cm³/mol. The molecule has 0 atom stereocenters. The summed E-state index contributed by atoms with van der Waals surface area (Å²) in [5.41, 5.74) is 6.55. The molecule has 0 spiro atoms. The van der Waals surface area contributed by atoms with Crippen molar-refractivity contribution in [2.75, 3.05) is 5.32 Å². The van der Waals surface area contributed by atoms with Crippen LogP contribution in [-0.4, -0.2) is 24.7 Å². The van der Waals surface area contributed by atoms with E-state index in [1.807, 2.05) is 28.7 Å². The fourth-order valence-corrected chi connectivity index (χ4v) is 3.20. The van der Waals surface area contributed by atoms with Gasteiger partial charge in [0.15, 0.2) is 5.11 Å². The van der Waals surface area contributed by atoms with Gasteiger partial charge in [0.1, 0.15) is 0 Å². The Bertz CT molecular complexity index is 940. The van der Waals surface area contributed by atoms with Gasteiger partial charge in [0.2, 0.25) is 0 Å². The van der Waals surface area contributed by atoms with Crippen molar-refractivity contribution in [3.8, 4) is 0 Å². The summed E-state index contributed by atoms with van der Waals surface area (Å²) in [6, 6.07) is 8.49. The van der Waals surface area contributed by atoms with Gasteiger partial charge in [-0.1, -0.05) is 29.8 Å². The maximum Gasteiger partial charge on any atom is 0.171 e. The molecule has 0 bridgehead atoms. The first kappa shape index (κ1) is 19.1. The molecule has 142 valence electrons. The maximum absolute atomic E-state index is 5.46. The third-order valence-electron chi connectivity index (χ3n) is 4.50. The average molecular weight is 383 g/mol. The summed E-state index contributed by atoms with van der Waals surface area (Å²) >= 11 is 5.46. The molecule has 2 heterocycles. The molecule has 0 aliphatic heterocycles. The van der Waals surface area contributed by atoms with Crippen LogP contribution in [0.3, 0.4) is 0 Å². The van der Waals surface area contributed by atoms with Crippen molar-refractivity contribution in [2.24, 2.45) is 0 Å². The second-order valence-electron chi connectivity index (χ2n) is 6.70. The van der Waals surface area contributed by atoms with Gasteiger partial charge in [-0.3, -0.25) is 9.36 Å². The maximum atomic E-state index is 5.46. The van der Waals surface area contributed by atoms with E-state index in [0.29, 0.717) is 11.7 Å². The molecule has 0 radical (unpaired) electrons. The van der Waals surface area contributed by atoms with Gasteiger partial charge in [-0.15, -0.1) is 0 Å². The lowest BCUT2D eigenvalue weighted by Gasteiger charge is -2.11. The molecule has 0 amide bonds. The van der Waals surface area contributed by atoms with Crippen LogP contribution in [0.25, 0.3) is 0 Å². The van der Waals surface area contributed by atoms with Gasteiger partial charge < -0.3 is 10.6 Å². The lowest BCUT2D eigenvalue weighted by atomic mass is 10.1. The van der Waals surface area contributed by atoms with Crippen molar-refractivity contribution < 1.29 is 0 Å². The summed E-state index contributed by atoms with van der Waals surface area (Å²) in [7, 11) is 0. The molecular weight excluding hydrogens is 356 g/mol. The van der Waals surface area contributed by atoms with E-state index >= 15 is 0 Å². The summed E-state index contributed by atoms with van der Waals surface area (Å²) in [5, 5.41) is 16.1. The second-order valence-corrected chi connectivity index (χ2v) is 7.11. The molecule has 0 unspecified atom stereocenters. The first-order valence-corrected chi connectivity index (χ1v) is 9.52. The Morgan fingerprint density at radius 1 is 1.19 bits per heavy atom. The predicted octanol–water partition coefficient (Wildman–Crippen LogP) is 3.56. The van der Waals surface area contributed by atoms with E-state index in [4.69, 9.17) is 12.2 Å². The number of thiocarbonyl (C=S) groups is 1. The standard InChI is InChI=1S/C20H26N6S/c1-5-25-12-18(11-22-25)10-21-20(27)23-19-15(3)24-26(16(19)4)13-17-8-6-7-14(2)9-17/h6-9,11-12H,5,10,13H2,1-4H3,(H2,21,23,27). The van der Waals surface area contributed by atoms with Crippen LogP contribution >= 0.6 is 12.2 Å². The molecule has 0 saturated heterocycles. The van der Waals surface area contributed by atoms with E-state index in [2.05, 4.69) is 65.9 Å². The third kappa shape index (κ3) is 4.74. The highest BCUT2D eigenvalue weighted by Gasteiger charge is 2.13. The van der Waals surface area contributed by atoms with Crippen molar-refractivity contribution in [3.63, 3.8) is 0 Å². The van der Waals surface area contributed by atoms with Crippen LogP contribution in [0, 0.1) is 20.8 Å². The van der Waals surface area contributed by atoms with Crippen LogP contribution in [0.2, 0.25) is 0 Å². The molecule has 0 aliphatic carbocycles. The molecule has 3 rings (SSSR count). The van der Waals surface area contributed by atoms with E-state index in [1.165, 1.54) is 11.1 Å². The minimum atomic E-state index is 0.584. The van der Waals surface area contributed by atoms with E-state index in [0.717, 1.165) is 35.7 Å². The van der Waals surface area contributed by atoms with Gasteiger partial charge >= 0.3 is 0 Å². The average Bonchev–Trinajstić information content (AvgIpc) is 3.20. The van der Waals surface area contributed by atoms with E-state index in [1.54, 1.807) is 0 Å². The molecule has 27 heavy (non-hydrogen) atoms. The number of anilines is 1. The van der Waals surface area contributed by atoms with E-state index < -0.39 is 0 Å². The Kier molecular flexibility index (Phi) is 5.91. The number of rotatable bonds is 6. The van der Waals surface area contributed by atoms with Crippen molar-refractivity contribution in [1.29, 1.82) is 0 Å². The SMILES string of the molecule is CCn1cc(CNC(=S)Nc2c(C)nn(Cc3cccc(C)c3)c2C)cn1. The fraction of sp³-hybridized carbons (Fsp3) is 0.350. The zero-order chi connectivity index (χ0) is 19.4. The Hall–Kier alpha value is -2.67. The number of nitrogens with one attached hydrogen (secondary N) is 2. The first-order chi connectivity index (χ1) is 13.0. The highest BCUT2D eigenvalue weighted by molar-refractivity contribution is 7.80. The van der Waals surface area contributed by atoms with Crippen LogP contribution in [0.1, 0.15) is 35.0 Å². The lowest BCUT2D eigenvalue weighted by Crippen LogP contribution is -2.28. The molecule has 2 N–H and O–H groups in total. The quantitative estimate of drug-likeness (QED) is 0.639. The van der Waals surface area contributed by atoms with Crippen molar-refractivity contribution >= 4 is 23.0 Å². The molecule has 0 aliphatic rings. The second kappa shape index (κ2) is 8.35. The zero-order valence-corrected chi connectivity index (χ0v) is 17.1. The Morgan fingerprint density at radius 2 is 2.00 bits per heavy atom. The number of hydrogen-bond donors (Lipinski definition) is 2. The Labute approximate surface area is 165 Å². The van der Waals surface area contributed by atoms with Crippen LogP contribution in [-0.2, 0) is 19.6 Å². The third-order valence-corrected chi connectivity index (χ3v) is 4.75. The minimum Gasteiger partial charge on any atom is -0.358 e. The van der Waals surface area contributed by atoms with Crippen LogP contribution in [0.15, 0.2) is 36.7 Å². The summed E-state index contributed by atoms with van der Waals surface area (Å²) in [4.78, 5) is 0. The topological polar surface area (TPSA) is 59.7 Å². The summed E-state index contributed by atoms with van der Waals surface area (Å²) < 4.78 is 3.91. The molecule has 6 nitrogen and oxygen atoms in total. The molecule has 7 heteroatoms. The van der Waals surface area contributed by atoms with Gasteiger partial charge in [-0.25, -0.2) is 0 Å². The highest BCUT2D eigenvalue weighted by atomic mass is 32.1. The normalized spacial score (nSPS) is 10.8. The molecule has 1 aromatic carbocycles. The molecule has 2 aromatic heterocycles. The van der Waals surface area contributed by atoms with E-state index in [9.17, 15) is 0 Å². The van der Waals surface area contributed by atoms with E-state index in [-0.39, 0.29) is 0 Å². The van der Waals surface area contributed by atoms with Gasteiger partial charge in [0.25, 0.3) is 0 Å². The molecular formula is C20H26N6S. The zero-order valence-electron chi connectivity index (χ0n) is 16.3. The van der Waals surface area contributed by atoms with Crippen molar-refractivity contribution in [2.45, 2.75) is 47.3 Å².